The molecular weight excluding hydrogens is 388 g/mol. The summed E-state index contributed by atoms with van der Waals surface area (Å²) in [4.78, 5) is 6.78. The Labute approximate surface area is 136 Å². The van der Waals surface area contributed by atoms with Crippen molar-refractivity contribution in [3.8, 4) is 5.75 Å². The Kier molecular flexibility index (Phi) is 6.48. The van der Waals surface area contributed by atoms with E-state index in [1.165, 1.54) is 0 Å². The Morgan fingerprint density at radius 2 is 2.05 bits per heavy atom. The van der Waals surface area contributed by atoms with Crippen LogP contribution in [0.4, 0.5) is 0 Å². The Bertz CT molecular complexity index is 474. The zero-order valence-corrected chi connectivity index (χ0v) is 14.4. The van der Waals surface area contributed by atoms with Crippen molar-refractivity contribution in [3.05, 3.63) is 26.6 Å². The second kappa shape index (κ2) is 8.12. The van der Waals surface area contributed by atoms with E-state index in [9.17, 15) is 5.11 Å². The van der Waals surface area contributed by atoms with Crippen LogP contribution in [0.15, 0.2) is 26.1 Å². The first-order valence-electron chi connectivity index (χ1n) is 6.65. The van der Waals surface area contributed by atoms with Crippen LogP contribution in [0.1, 0.15) is 12.0 Å². The molecule has 0 amide bonds. The van der Waals surface area contributed by atoms with Crippen molar-refractivity contribution in [1.82, 2.24) is 4.90 Å². The molecule has 0 radical (unpaired) electrons. The molecule has 1 saturated heterocycles. The standard InChI is InChI=1S/C14H18Br2N2O2/c15-12-8-11(14(19)13(16)9-12)10-17-2-1-3-18-4-6-20-7-5-18/h8-10,19H,1-7H2. The number of hydrogen-bond donors (Lipinski definition) is 1. The summed E-state index contributed by atoms with van der Waals surface area (Å²) in [6.45, 7) is 5.52. The fraction of sp³-hybridized carbons (Fsp3) is 0.500. The number of nitrogens with zero attached hydrogens (tertiary/aromatic N) is 2. The minimum Gasteiger partial charge on any atom is -0.506 e. The summed E-state index contributed by atoms with van der Waals surface area (Å²) >= 11 is 6.71. The maximum atomic E-state index is 9.90. The van der Waals surface area contributed by atoms with Gasteiger partial charge in [-0.05, 0) is 34.5 Å². The Morgan fingerprint density at radius 1 is 1.30 bits per heavy atom. The molecule has 1 aliphatic heterocycles. The predicted molar refractivity (Wildman–Crippen MR) is 87.8 cm³/mol. The fourth-order valence-corrected chi connectivity index (χ4v) is 3.32. The molecule has 1 aliphatic rings. The van der Waals surface area contributed by atoms with Gasteiger partial charge < -0.3 is 9.84 Å². The van der Waals surface area contributed by atoms with Crippen molar-refractivity contribution < 1.29 is 9.84 Å². The average Bonchev–Trinajstić information content (AvgIpc) is 2.44. The highest BCUT2D eigenvalue weighted by atomic mass is 79.9. The van der Waals surface area contributed by atoms with Gasteiger partial charge in [-0.2, -0.15) is 0 Å². The van der Waals surface area contributed by atoms with Gasteiger partial charge in [-0.1, -0.05) is 15.9 Å². The van der Waals surface area contributed by atoms with Crippen LogP contribution in [-0.2, 0) is 4.74 Å². The van der Waals surface area contributed by atoms with E-state index in [0.717, 1.165) is 55.8 Å². The number of rotatable bonds is 5. The summed E-state index contributed by atoms with van der Waals surface area (Å²) in [5.41, 5.74) is 0.720. The van der Waals surface area contributed by atoms with Gasteiger partial charge in [-0.25, -0.2) is 0 Å². The molecule has 0 atom stereocenters. The van der Waals surface area contributed by atoms with E-state index in [-0.39, 0.29) is 5.75 Å². The van der Waals surface area contributed by atoms with Crippen LogP contribution in [0.3, 0.4) is 0 Å². The maximum absolute atomic E-state index is 9.90. The number of phenolic OH excluding ortho intramolecular Hbond substituents is 1. The molecule has 0 bridgehead atoms. The van der Waals surface area contributed by atoms with Gasteiger partial charge in [0.05, 0.1) is 17.7 Å². The third-order valence-electron chi connectivity index (χ3n) is 3.15. The number of ether oxygens (including phenoxy) is 1. The Morgan fingerprint density at radius 3 is 2.80 bits per heavy atom. The number of aliphatic imine (C=N–C) groups is 1. The monoisotopic (exact) mass is 404 g/mol. The molecule has 1 aromatic rings. The van der Waals surface area contributed by atoms with E-state index in [2.05, 4.69) is 41.8 Å². The smallest absolute Gasteiger partial charge is 0.138 e. The minimum absolute atomic E-state index is 0.227. The Hall–Kier alpha value is -0.430. The molecule has 0 spiro atoms. The van der Waals surface area contributed by atoms with E-state index >= 15 is 0 Å². The van der Waals surface area contributed by atoms with Gasteiger partial charge in [-0.3, -0.25) is 9.89 Å². The van der Waals surface area contributed by atoms with Crippen LogP contribution in [0.25, 0.3) is 0 Å². The highest BCUT2D eigenvalue weighted by Crippen LogP contribution is 2.30. The van der Waals surface area contributed by atoms with Crippen LogP contribution in [0.2, 0.25) is 0 Å². The first-order valence-corrected chi connectivity index (χ1v) is 8.23. The van der Waals surface area contributed by atoms with Gasteiger partial charge in [0, 0.05) is 42.4 Å². The second-order valence-corrected chi connectivity index (χ2v) is 6.44. The van der Waals surface area contributed by atoms with Crippen molar-refractivity contribution in [1.29, 1.82) is 0 Å². The quantitative estimate of drug-likeness (QED) is 0.604. The topological polar surface area (TPSA) is 45.1 Å². The lowest BCUT2D eigenvalue weighted by atomic mass is 10.2. The van der Waals surface area contributed by atoms with Crippen LogP contribution >= 0.6 is 31.9 Å². The number of hydrogen-bond acceptors (Lipinski definition) is 4. The number of halogens is 2. The normalized spacial score (nSPS) is 16.9. The van der Waals surface area contributed by atoms with E-state index in [0.29, 0.717) is 4.47 Å². The van der Waals surface area contributed by atoms with Gasteiger partial charge >= 0.3 is 0 Å². The second-order valence-electron chi connectivity index (χ2n) is 4.67. The predicted octanol–water partition coefficient (Wildman–Crippen LogP) is 3.06. The van der Waals surface area contributed by atoms with E-state index in [1.54, 1.807) is 6.21 Å². The molecular formula is C14H18Br2N2O2. The van der Waals surface area contributed by atoms with Gasteiger partial charge in [0.25, 0.3) is 0 Å². The van der Waals surface area contributed by atoms with E-state index < -0.39 is 0 Å². The lowest BCUT2D eigenvalue weighted by Crippen LogP contribution is -2.37. The molecule has 1 fully saturated rings. The number of benzene rings is 1. The molecule has 4 nitrogen and oxygen atoms in total. The molecule has 110 valence electrons. The fourth-order valence-electron chi connectivity index (χ4n) is 2.06. The molecule has 1 heterocycles. The largest absolute Gasteiger partial charge is 0.506 e. The van der Waals surface area contributed by atoms with Gasteiger partial charge in [0.2, 0.25) is 0 Å². The molecule has 2 rings (SSSR count). The lowest BCUT2D eigenvalue weighted by Gasteiger charge is -2.26. The first kappa shape index (κ1) is 15.9. The molecule has 0 aliphatic carbocycles. The van der Waals surface area contributed by atoms with Crippen molar-refractivity contribution in [2.24, 2.45) is 4.99 Å². The SMILES string of the molecule is Oc1c(Br)cc(Br)cc1C=NCCCN1CCOCC1. The summed E-state index contributed by atoms with van der Waals surface area (Å²) in [5.74, 6) is 0.227. The Balaban J connectivity index is 1.78. The summed E-state index contributed by atoms with van der Waals surface area (Å²) in [7, 11) is 0. The van der Waals surface area contributed by atoms with Crippen LogP contribution in [0.5, 0.6) is 5.75 Å². The summed E-state index contributed by atoms with van der Waals surface area (Å²) in [6, 6.07) is 3.66. The number of aromatic hydroxyl groups is 1. The third kappa shape index (κ3) is 4.84. The first-order chi connectivity index (χ1) is 9.66. The minimum atomic E-state index is 0.227. The third-order valence-corrected chi connectivity index (χ3v) is 4.22. The molecule has 1 N–H and O–H groups in total. The number of phenols is 1. The van der Waals surface area contributed by atoms with Crippen LogP contribution in [-0.4, -0.2) is 55.6 Å². The molecule has 0 aromatic heterocycles. The van der Waals surface area contributed by atoms with Crippen LogP contribution in [0, 0.1) is 0 Å². The molecule has 1 aromatic carbocycles. The van der Waals surface area contributed by atoms with Gasteiger partial charge in [-0.15, -0.1) is 0 Å². The van der Waals surface area contributed by atoms with Crippen molar-refractivity contribution in [3.63, 3.8) is 0 Å². The molecule has 0 unspecified atom stereocenters. The van der Waals surface area contributed by atoms with Crippen molar-refractivity contribution >= 4 is 38.1 Å². The van der Waals surface area contributed by atoms with Gasteiger partial charge in [0.1, 0.15) is 5.75 Å². The number of morpholine rings is 1. The van der Waals surface area contributed by atoms with Crippen molar-refractivity contribution in [2.45, 2.75) is 6.42 Å². The van der Waals surface area contributed by atoms with Crippen molar-refractivity contribution in [2.75, 3.05) is 39.4 Å². The van der Waals surface area contributed by atoms with E-state index in [4.69, 9.17) is 4.74 Å². The van der Waals surface area contributed by atoms with Gasteiger partial charge in [0.15, 0.2) is 0 Å². The molecule has 20 heavy (non-hydrogen) atoms. The zero-order valence-electron chi connectivity index (χ0n) is 11.2. The highest BCUT2D eigenvalue weighted by Gasteiger charge is 2.09. The average molecular weight is 406 g/mol. The lowest BCUT2D eigenvalue weighted by molar-refractivity contribution is 0.0377. The molecule has 0 saturated carbocycles. The van der Waals surface area contributed by atoms with E-state index in [1.807, 2.05) is 12.1 Å². The van der Waals surface area contributed by atoms with Crippen LogP contribution < -0.4 is 0 Å². The zero-order chi connectivity index (χ0) is 14.4. The summed E-state index contributed by atoms with van der Waals surface area (Å²) < 4.78 is 6.89. The molecule has 6 heteroatoms. The highest BCUT2D eigenvalue weighted by molar-refractivity contribution is 9.11. The summed E-state index contributed by atoms with van der Waals surface area (Å²) in [5, 5.41) is 9.90. The summed E-state index contributed by atoms with van der Waals surface area (Å²) in [6.07, 6.45) is 2.75. The maximum Gasteiger partial charge on any atom is 0.138 e.